The van der Waals surface area contributed by atoms with Crippen LogP contribution in [0.1, 0.15) is 10.7 Å². The molecule has 5 rings (SSSR count). The number of rotatable bonds is 7. The third-order valence-corrected chi connectivity index (χ3v) is 9.39. The maximum Gasteiger partial charge on any atom is 1.00 e. The molecule has 2 aliphatic heterocycles. The second kappa shape index (κ2) is 11.6. The van der Waals surface area contributed by atoms with E-state index in [1.807, 2.05) is 0 Å². The molecule has 1 saturated heterocycles. The summed E-state index contributed by atoms with van der Waals surface area (Å²) in [6.07, 6.45) is 0. The van der Waals surface area contributed by atoms with Gasteiger partial charge in [-0.3, -0.25) is 19.3 Å². The van der Waals surface area contributed by atoms with Gasteiger partial charge in [0.25, 0.3) is 11.8 Å². The molecule has 0 bridgehead atoms. The number of carboxylic acid groups (broad SMARTS) is 1. The van der Waals surface area contributed by atoms with Crippen molar-refractivity contribution in [2.24, 2.45) is 5.16 Å². The van der Waals surface area contributed by atoms with Gasteiger partial charge in [0.2, 0.25) is 11.5 Å². The number of thiocarbonyl (C=S) groups is 1. The average Bonchev–Trinajstić information content (AvgIpc) is 3.35. The molecule has 2 atom stereocenters. The van der Waals surface area contributed by atoms with Crippen LogP contribution in [-0.4, -0.2) is 77.1 Å². The van der Waals surface area contributed by atoms with E-state index in [2.05, 4.69) is 19.8 Å². The van der Waals surface area contributed by atoms with E-state index in [0.717, 1.165) is 51.0 Å². The van der Waals surface area contributed by atoms with Crippen LogP contribution in [0.3, 0.4) is 0 Å². The largest absolute Gasteiger partial charge is 1.00 e. The van der Waals surface area contributed by atoms with Crippen LogP contribution in [0, 0.1) is 0 Å². The average molecular weight is 643 g/mol. The minimum atomic E-state index is -1.81. The predicted octanol–water partition coefficient (Wildman–Crippen LogP) is -3.61. The van der Waals surface area contributed by atoms with Crippen molar-refractivity contribution in [2.75, 3.05) is 18.6 Å². The van der Waals surface area contributed by atoms with Gasteiger partial charge in [-0.05, 0) is 6.07 Å². The number of hydrogen-bond donors (Lipinski definition) is 4. The van der Waals surface area contributed by atoms with Crippen LogP contribution in [0.25, 0.3) is 15.7 Å². The number of β-lactam (4-membered cyclic amide) rings is 1. The third-order valence-electron chi connectivity index (χ3n) is 5.98. The summed E-state index contributed by atoms with van der Waals surface area (Å²) in [6, 6.07) is 3.48. The number of nitrogen functional groups attached to an aromatic ring is 1. The van der Waals surface area contributed by atoms with Crippen molar-refractivity contribution < 1.29 is 64.1 Å². The number of thioether (sulfide) groups is 1. The van der Waals surface area contributed by atoms with E-state index >= 15 is 0 Å². The Bertz CT molecular complexity index is 1760. The molecular weight excluding hydrogens is 628 g/mol. The number of phenolic OH excluding ortho intramolecular Hbond substituents is 2. The normalized spacial score (nSPS) is 20.1. The maximum absolute atomic E-state index is 13.5. The number of aromatic nitrogens is 2. The van der Waals surface area contributed by atoms with Crippen molar-refractivity contribution in [1.29, 1.82) is 0 Å². The molecule has 19 heteroatoms. The Kier molecular flexibility index (Phi) is 8.74. The smallest absolute Gasteiger partial charge is 0.543 e. The number of anilines is 1. The third kappa shape index (κ3) is 5.09. The molecule has 14 nitrogen and oxygen atoms in total. The van der Waals surface area contributed by atoms with Gasteiger partial charge in [-0.25, -0.2) is 0 Å². The molecule has 206 valence electrons. The molecule has 1 aromatic carbocycles. The number of nitrogens with two attached hydrogens (primary N) is 1. The molecule has 41 heavy (non-hydrogen) atoms. The molecule has 0 spiro atoms. The van der Waals surface area contributed by atoms with Crippen LogP contribution >= 0.6 is 46.8 Å². The zero-order valence-electron chi connectivity index (χ0n) is 20.9. The first kappa shape index (κ1) is 30.8. The van der Waals surface area contributed by atoms with E-state index in [0.29, 0.717) is 0 Å². The molecule has 1 fully saturated rings. The fourth-order valence-corrected chi connectivity index (χ4v) is 7.69. The van der Waals surface area contributed by atoms with Gasteiger partial charge >= 0.3 is 29.6 Å². The number of carbonyl (C=O) groups is 3. The molecule has 0 radical (unpaired) electrons. The van der Waals surface area contributed by atoms with Crippen LogP contribution in [0.4, 0.5) is 5.13 Å². The number of benzene rings is 1. The van der Waals surface area contributed by atoms with Gasteiger partial charge in [0.05, 0.1) is 11.7 Å². The van der Waals surface area contributed by atoms with Crippen molar-refractivity contribution in [3.05, 3.63) is 44.8 Å². The van der Waals surface area contributed by atoms with Crippen molar-refractivity contribution in [3.8, 4) is 11.5 Å². The van der Waals surface area contributed by atoms with Crippen molar-refractivity contribution >= 4 is 96.5 Å². The number of aromatic hydroxyl groups is 2. The van der Waals surface area contributed by atoms with Crippen LogP contribution in [0.15, 0.2) is 33.8 Å². The zero-order valence-corrected chi connectivity index (χ0v) is 26.2. The summed E-state index contributed by atoms with van der Waals surface area (Å²) in [5.41, 5.74) is 2.50. The number of phenols is 2. The first-order valence-electron chi connectivity index (χ1n) is 10.9. The zero-order chi connectivity index (χ0) is 28.9. The van der Waals surface area contributed by atoms with E-state index in [1.165, 1.54) is 19.2 Å². The number of aliphatic carboxylic acids is 1. The van der Waals surface area contributed by atoms with Crippen molar-refractivity contribution in [3.63, 3.8) is 0 Å². The number of amides is 2. The maximum atomic E-state index is 13.5. The summed E-state index contributed by atoms with van der Waals surface area (Å²) in [5.74, 6) is -4.56. The molecular formula is C22H15N6NaO8S4. The van der Waals surface area contributed by atoms with Crippen LogP contribution in [-0.2, 0) is 19.2 Å². The number of fused-ring (bicyclic) bond motifs is 2. The topological polar surface area (TPSA) is 220 Å². The SMILES string of the molecule is CO/N=C(\C(=O)N[C@]1(C=S)C(=O)N2C(C(=O)[O-])=C(c3cc(=O)c4cc(O)c(O)cc4s3)CS[C@H]21)c1nsc(N)n1.[Na+]. The number of carboxylic acids is 1. The molecule has 0 aliphatic carbocycles. The Morgan fingerprint density at radius 1 is 1.32 bits per heavy atom. The summed E-state index contributed by atoms with van der Waals surface area (Å²) < 4.78 is 4.21. The van der Waals surface area contributed by atoms with Gasteiger partial charge in [0.15, 0.2) is 27.6 Å². The Balaban J connectivity index is 0.00000387. The first-order chi connectivity index (χ1) is 19.0. The van der Waals surface area contributed by atoms with Crippen LogP contribution in [0.5, 0.6) is 11.5 Å². The summed E-state index contributed by atoms with van der Waals surface area (Å²) >= 11 is 8.00. The quantitative estimate of drug-likeness (QED) is 0.0489. The summed E-state index contributed by atoms with van der Waals surface area (Å²) in [7, 11) is 1.19. The van der Waals surface area contributed by atoms with E-state index in [-0.39, 0.29) is 72.5 Å². The van der Waals surface area contributed by atoms with Crippen LogP contribution in [0.2, 0.25) is 0 Å². The fourth-order valence-electron chi connectivity index (χ4n) is 4.19. The Hall–Kier alpha value is -3.13. The number of hydrogen-bond acceptors (Lipinski definition) is 16. The van der Waals surface area contributed by atoms with Crippen molar-refractivity contribution in [2.45, 2.75) is 10.9 Å². The molecule has 0 saturated carbocycles. The summed E-state index contributed by atoms with van der Waals surface area (Å²) in [4.78, 5) is 61.5. The van der Waals surface area contributed by atoms with E-state index in [9.17, 15) is 34.5 Å². The van der Waals surface area contributed by atoms with E-state index in [4.69, 9.17) is 22.8 Å². The second-order valence-electron chi connectivity index (χ2n) is 8.28. The second-order valence-corrected chi connectivity index (χ2v) is 11.5. The van der Waals surface area contributed by atoms with Crippen LogP contribution < -0.4 is 51.1 Å². The van der Waals surface area contributed by atoms with Crippen molar-refractivity contribution in [1.82, 2.24) is 19.6 Å². The number of oxime groups is 1. The summed E-state index contributed by atoms with van der Waals surface area (Å²) in [6.45, 7) is 0. The molecule has 5 N–H and O–H groups in total. The Labute approximate surface area is 269 Å². The molecule has 2 aromatic heterocycles. The van der Waals surface area contributed by atoms with Gasteiger partial charge in [0, 0.05) is 55.3 Å². The standard InChI is InChI=1S/C22H16N6O8S4.Na/c1-36-26-14(16-24-21(23)40-27-16)17(32)25-22(6-37)19(35)28-15(18(33)34)8(5-38-20(22)28)13-3-9(29)7-2-10(30)11(31)4-12(7)39-13;/h2-4,6,20,30-31H,5H2,1H3,(H,25,32)(H,33,34)(H2,23,24,27);/q;+1/p-1/b26-14-;/t20-,22+;/m0./s1. The fraction of sp³-hybridized carbons (Fsp3) is 0.182. The first-order valence-corrected chi connectivity index (χ1v) is 14.0. The number of carbonyl (C=O) groups excluding carboxylic acids is 3. The number of nitrogens with one attached hydrogen (secondary N) is 1. The van der Waals surface area contributed by atoms with E-state index in [1.54, 1.807) is 0 Å². The molecule has 2 amide bonds. The molecule has 0 unspecified atom stereocenters. The minimum absolute atomic E-state index is 0. The number of nitrogens with zero attached hydrogens (tertiary/aromatic N) is 4. The van der Waals surface area contributed by atoms with Gasteiger partial charge < -0.3 is 36.0 Å². The summed E-state index contributed by atoms with van der Waals surface area (Å²) in [5, 5.41) is 38.3. The van der Waals surface area contributed by atoms with Gasteiger partial charge in [0.1, 0.15) is 12.5 Å². The van der Waals surface area contributed by atoms with Gasteiger partial charge in [-0.15, -0.1) is 23.1 Å². The Morgan fingerprint density at radius 2 is 2.02 bits per heavy atom. The monoisotopic (exact) mass is 642 g/mol. The minimum Gasteiger partial charge on any atom is -0.543 e. The van der Waals surface area contributed by atoms with E-state index < -0.39 is 51.3 Å². The Morgan fingerprint density at radius 3 is 2.63 bits per heavy atom. The molecule has 2 aliphatic rings. The van der Waals surface area contributed by atoms with Gasteiger partial charge in [-0.2, -0.15) is 9.36 Å². The predicted molar refractivity (Wildman–Crippen MR) is 149 cm³/mol. The van der Waals surface area contributed by atoms with Gasteiger partial charge in [-0.1, -0.05) is 17.4 Å². The molecule has 3 aromatic rings. The molecule has 4 heterocycles.